The molecule has 0 aliphatic carbocycles. The molecule has 0 aliphatic heterocycles. The van der Waals surface area contributed by atoms with Gasteiger partial charge in [-0.3, -0.25) is 9.59 Å². The molecule has 120 valence electrons. The summed E-state index contributed by atoms with van der Waals surface area (Å²) in [6.45, 7) is 3.39. The fraction of sp³-hybridized carbons (Fsp3) is 0.222. The molecule has 0 spiro atoms. The van der Waals surface area contributed by atoms with Crippen molar-refractivity contribution in [3.05, 3.63) is 64.7 Å². The second kappa shape index (κ2) is 8.18. The van der Waals surface area contributed by atoms with Crippen molar-refractivity contribution in [2.24, 2.45) is 0 Å². The Morgan fingerprint density at radius 3 is 2.26 bits per heavy atom. The fourth-order valence-electron chi connectivity index (χ4n) is 1.91. The van der Waals surface area contributed by atoms with E-state index >= 15 is 0 Å². The number of nitrogens with one attached hydrogen (secondary N) is 1. The first-order valence-corrected chi connectivity index (χ1v) is 8.66. The lowest BCUT2D eigenvalue weighted by molar-refractivity contribution is -0.115. The van der Waals surface area contributed by atoms with Crippen LogP contribution in [0, 0.1) is 0 Å². The Morgan fingerprint density at radius 2 is 1.70 bits per heavy atom. The maximum absolute atomic E-state index is 12.2. The number of ketones is 1. The summed E-state index contributed by atoms with van der Waals surface area (Å²) in [7, 11) is 0. The Morgan fingerprint density at radius 1 is 1.09 bits per heavy atom. The number of halogens is 1. The largest absolute Gasteiger partial charge is 0.325 e. The monoisotopic (exact) mass is 347 g/mol. The lowest BCUT2D eigenvalue weighted by atomic mass is 10.1. The molecule has 0 saturated heterocycles. The van der Waals surface area contributed by atoms with Crippen LogP contribution in [0.4, 0.5) is 5.69 Å². The maximum Gasteiger partial charge on any atom is 0.237 e. The van der Waals surface area contributed by atoms with Gasteiger partial charge in [0.15, 0.2) is 5.78 Å². The number of carbonyl (C=O) groups excluding carboxylic acids is 2. The molecular weight excluding hydrogens is 330 g/mol. The molecule has 23 heavy (non-hydrogen) atoms. The molecule has 0 aromatic heterocycles. The Bertz CT molecular complexity index is 683. The zero-order valence-corrected chi connectivity index (χ0v) is 14.6. The third-order valence-corrected chi connectivity index (χ3v) is 4.81. The van der Waals surface area contributed by atoms with Gasteiger partial charge in [0.25, 0.3) is 0 Å². The van der Waals surface area contributed by atoms with Gasteiger partial charge in [0.05, 0.1) is 5.25 Å². The van der Waals surface area contributed by atoms with E-state index in [4.69, 9.17) is 11.6 Å². The van der Waals surface area contributed by atoms with Gasteiger partial charge >= 0.3 is 0 Å². The number of hydrogen-bond donors (Lipinski definition) is 1. The SMILES string of the molecule is CC(=O)c1ccc(NC(=O)C(C)SCc2ccc(Cl)cc2)cc1. The van der Waals surface area contributed by atoms with Crippen LogP contribution in [0.2, 0.25) is 5.02 Å². The quantitative estimate of drug-likeness (QED) is 0.763. The molecule has 0 radical (unpaired) electrons. The van der Waals surface area contributed by atoms with Crippen molar-refractivity contribution in [1.82, 2.24) is 0 Å². The molecule has 0 fully saturated rings. The predicted molar refractivity (Wildman–Crippen MR) is 97.3 cm³/mol. The van der Waals surface area contributed by atoms with Crippen LogP contribution in [0.25, 0.3) is 0 Å². The van der Waals surface area contributed by atoms with Crippen molar-refractivity contribution in [1.29, 1.82) is 0 Å². The van der Waals surface area contributed by atoms with Gasteiger partial charge in [-0.05, 0) is 55.8 Å². The van der Waals surface area contributed by atoms with E-state index in [2.05, 4.69) is 5.32 Å². The minimum absolute atomic E-state index is 0.00904. The summed E-state index contributed by atoms with van der Waals surface area (Å²) in [5, 5.41) is 3.39. The lowest BCUT2D eigenvalue weighted by Crippen LogP contribution is -2.22. The summed E-state index contributed by atoms with van der Waals surface area (Å²) < 4.78 is 0. The van der Waals surface area contributed by atoms with Crippen LogP contribution in [0.15, 0.2) is 48.5 Å². The second-order valence-electron chi connectivity index (χ2n) is 5.20. The highest BCUT2D eigenvalue weighted by molar-refractivity contribution is 7.99. The molecule has 1 amide bonds. The van der Waals surface area contributed by atoms with Gasteiger partial charge in [0.2, 0.25) is 5.91 Å². The molecular formula is C18H18ClNO2S. The molecule has 3 nitrogen and oxygen atoms in total. The molecule has 2 rings (SSSR count). The summed E-state index contributed by atoms with van der Waals surface area (Å²) in [5.41, 5.74) is 2.46. The van der Waals surface area contributed by atoms with Gasteiger partial charge in [0, 0.05) is 22.0 Å². The molecule has 1 N–H and O–H groups in total. The molecule has 0 saturated carbocycles. The van der Waals surface area contributed by atoms with Crippen molar-refractivity contribution in [3.8, 4) is 0 Å². The zero-order chi connectivity index (χ0) is 16.8. The summed E-state index contributed by atoms with van der Waals surface area (Å²) in [6.07, 6.45) is 0. The van der Waals surface area contributed by atoms with Crippen LogP contribution in [0.5, 0.6) is 0 Å². The van der Waals surface area contributed by atoms with E-state index in [1.54, 1.807) is 36.0 Å². The van der Waals surface area contributed by atoms with E-state index < -0.39 is 0 Å². The molecule has 0 bridgehead atoms. The third-order valence-electron chi connectivity index (χ3n) is 3.34. The predicted octanol–water partition coefficient (Wildman–Crippen LogP) is 4.80. The Labute approximate surface area is 145 Å². The minimum atomic E-state index is -0.182. The van der Waals surface area contributed by atoms with E-state index in [1.165, 1.54) is 6.92 Å². The molecule has 1 atom stereocenters. The van der Waals surface area contributed by atoms with Crippen LogP contribution in [0.3, 0.4) is 0 Å². The number of thioether (sulfide) groups is 1. The normalized spacial score (nSPS) is 11.8. The van der Waals surface area contributed by atoms with E-state index in [-0.39, 0.29) is 16.9 Å². The topological polar surface area (TPSA) is 46.2 Å². The summed E-state index contributed by atoms with van der Waals surface area (Å²) in [4.78, 5) is 23.4. The highest BCUT2D eigenvalue weighted by Crippen LogP contribution is 2.21. The van der Waals surface area contributed by atoms with Crippen molar-refractivity contribution in [2.45, 2.75) is 24.9 Å². The summed E-state index contributed by atoms with van der Waals surface area (Å²) in [6, 6.07) is 14.5. The maximum atomic E-state index is 12.2. The van der Waals surface area contributed by atoms with Crippen molar-refractivity contribution >= 4 is 40.7 Å². The number of hydrogen-bond acceptors (Lipinski definition) is 3. The molecule has 1 unspecified atom stereocenters. The second-order valence-corrected chi connectivity index (χ2v) is 6.97. The van der Waals surface area contributed by atoms with E-state index in [1.807, 2.05) is 31.2 Å². The van der Waals surface area contributed by atoms with Gasteiger partial charge in [0.1, 0.15) is 0 Å². The van der Waals surface area contributed by atoms with E-state index in [0.717, 1.165) is 11.3 Å². The number of amides is 1. The van der Waals surface area contributed by atoms with E-state index in [0.29, 0.717) is 16.3 Å². The first-order chi connectivity index (χ1) is 11.0. The first kappa shape index (κ1) is 17.6. The van der Waals surface area contributed by atoms with Gasteiger partial charge < -0.3 is 5.32 Å². The molecule has 0 aliphatic rings. The number of anilines is 1. The highest BCUT2D eigenvalue weighted by atomic mass is 35.5. The number of Topliss-reactive ketones (excluding diaryl/α,β-unsaturated/α-hetero) is 1. The van der Waals surface area contributed by atoms with Gasteiger partial charge in [-0.15, -0.1) is 11.8 Å². The van der Waals surface area contributed by atoms with Gasteiger partial charge in [-0.1, -0.05) is 23.7 Å². The molecule has 5 heteroatoms. The van der Waals surface area contributed by atoms with Gasteiger partial charge in [-0.25, -0.2) is 0 Å². The fourth-order valence-corrected chi connectivity index (χ4v) is 2.88. The first-order valence-electron chi connectivity index (χ1n) is 7.23. The average Bonchev–Trinajstić information content (AvgIpc) is 2.54. The smallest absolute Gasteiger partial charge is 0.237 e. The number of carbonyl (C=O) groups is 2. The van der Waals surface area contributed by atoms with Crippen LogP contribution >= 0.6 is 23.4 Å². The standard InChI is InChI=1S/C18H18ClNO2S/c1-12(21)15-5-9-17(10-6-15)20-18(22)13(2)23-11-14-3-7-16(19)8-4-14/h3-10,13H,11H2,1-2H3,(H,20,22). The number of rotatable bonds is 6. The number of benzene rings is 2. The van der Waals surface area contributed by atoms with Crippen molar-refractivity contribution in [3.63, 3.8) is 0 Å². The Hall–Kier alpha value is -1.78. The third kappa shape index (κ3) is 5.41. The molecule has 0 heterocycles. The molecule has 2 aromatic carbocycles. The summed E-state index contributed by atoms with van der Waals surface area (Å²) in [5.74, 6) is 0.698. The average molecular weight is 348 g/mol. The van der Waals surface area contributed by atoms with Gasteiger partial charge in [-0.2, -0.15) is 0 Å². The van der Waals surface area contributed by atoms with E-state index in [9.17, 15) is 9.59 Å². The summed E-state index contributed by atoms with van der Waals surface area (Å²) >= 11 is 7.42. The Kier molecular flexibility index (Phi) is 6.25. The van der Waals surface area contributed by atoms with Crippen LogP contribution in [-0.2, 0) is 10.5 Å². The Balaban J connectivity index is 1.86. The van der Waals surface area contributed by atoms with Crippen LogP contribution in [0.1, 0.15) is 29.8 Å². The highest BCUT2D eigenvalue weighted by Gasteiger charge is 2.13. The van der Waals surface area contributed by atoms with Crippen LogP contribution < -0.4 is 5.32 Å². The van der Waals surface area contributed by atoms with Crippen molar-refractivity contribution < 1.29 is 9.59 Å². The van der Waals surface area contributed by atoms with Crippen LogP contribution in [-0.4, -0.2) is 16.9 Å². The van der Waals surface area contributed by atoms with Crippen molar-refractivity contribution in [2.75, 3.05) is 5.32 Å². The lowest BCUT2D eigenvalue weighted by Gasteiger charge is -2.12. The zero-order valence-electron chi connectivity index (χ0n) is 13.0. The molecule has 2 aromatic rings. The minimum Gasteiger partial charge on any atom is -0.325 e.